The Labute approximate surface area is 171 Å². The van der Waals surface area contributed by atoms with Gasteiger partial charge in [0.2, 0.25) is 0 Å². The first-order valence-electron chi connectivity index (χ1n) is 9.56. The van der Waals surface area contributed by atoms with Crippen molar-refractivity contribution in [3.63, 3.8) is 0 Å². The van der Waals surface area contributed by atoms with Gasteiger partial charge in [-0.3, -0.25) is 4.79 Å². The maximum atomic E-state index is 13.5. The lowest BCUT2D eigenvalue weighted by molar-refractivity contribution is 0.0932. The van der Waals surface area contributed by atoms with Gasteiger partial charge >= 0.3 is 0 Å². The number of pyridine rings is 1. The molecule has 3 aromatic heterocycles. The Morgan fingerprint density at radius 2 is 1.87 bits per heavy atom. The summed E-state index contributed by atoms with van der Waals surface area (Å²) in [5.41, 5.74) is 3.95. The fraction of sp³-hybridized carbons (Fsp3) is 0.0870. The van der Waals surface area contributed by atoms with Crippen LogP contribution in [0.5, 0.6) is 0 Å². The molecule has 0 aliphatic heterocycles. The number of imidazole rings is 2. The van der Waals surface area contributed by atoms with E-state index in [1.54, 1.807) is 53.6 Å². The standard InChI is InChI=1S/C23H18FN5O/c24-18-8-5-16(6-9-18)20(14-29-15-26-19-3-1-2-4-21(19)29)27-23(30)17-7-10-22-25-11-12-28(22)13-17/h1-13,15,20H,14H2,(H,27,30). The fourth-order valence-electron chi connectivity index (χ4n) is 3.58. The highest BCUT2D eigenvalue weighted by Gasteiger charge is 2.18. The van der Waals surface area contributed by atoms with E-state index in [0.29, 0.717) is 12.1 Å². The lowest BCUT2D eigenvalue weighted by Gasteiger charge is -2.20. The van der Waals surface area contributed by atoms with Crippen LogP contribution in [0, 0.1) is 5.82 Å². The largest absolute Gasteiger partial charge is 0.343 e. The van der Waals surface area contributed by atoms with Gasteiger partial charge < -0.3 is 14.3 Å². The molecular formula is C23H18FN5O. The Bertz CT molecular complexity index is 1340. The van der Waals surface area contributed by atoms with Gasteiger partial charge in [-0.15, -0.1) is 0 Å². The highest BCUT2D eigenvalue weighted by atomic mass is 19.1. The normalized spacial score (nSPS) is 12.3. The molecule has 0 saturated carbocycles. The third-order valence-corrected chi connectivity index (χ3v) is 5.14. The van der Waals surface area contributed by atoms with Crippen molar-refractivity contribution in [1.29, 1.82) is 0 Å². The summed E-state index contributed by atoms with van der Waals surface area (Å²) in [6, 6.07) is 17.2. The van der Waals surface area contributed by atoms with Crippen LogP contribution in [0.4, 0.5) is 4.39 Å². The number of halogens is 1. The summed E-state index contributed by atoms with van der Waals surface area (Å²) in [7, 11) is 0. The Hall–Kier alpha value is -4.00. The summed E-state index contributed by atoms with van der Waals surface area (Å²) in [6.07, 6.45) is 6.97. The monoisotopic (exact) mass is 399 g/mol. The molecule has 1 N–H and O–H groups in total. The van der Waals surface area contributed by atoms with Crippen molar-refractivity contribution in [2.45, 2.75) is 12.6 Å². The van der Waals surface area contributed by atoms with Crippen LogP contribution in [0.1, 0.15) is 22.0 Å². The SMILES string of the molecule is O=C(NC(Cn1cnc2ccccc21)c1ccc(F)cc1)c1ccc2nccn2c1. The van der Waals surface area contributed by atoms with Crippen LogP contribution >= 0.6 is 0 Å². The Kier molecular flexibility index (Phi) is 4.48. The maximum absolute atomic E-state index is 13.5. The van der Waals surface area contributed by atoms with Crippen molar-refractivity contribution >= 4 is 22.6 Å². The van der Waals surface area contributed by atoms with E-state index >= 15 is 0 Å². The summed E-state index contributed by atoms with van der Waals surface area (Å²) in [4.78, 5) is 21.6. The molecule has 0 bridgehead atoms. The molecule has 3 heterocycles. The van der Waals surface area contributed by atoms with Crippen molar-refractivity contribution in [3.05, 3.63) is 103 Å². The minimum Gasteiger partial charge on any atom is -0.343 e. The summed E-state index contributed by atoms with van der Waals surface area (Å²) in [6.45, 7) is 0.463. The minimum atomic E-state index is -0.366. The Morgan fingerprint density at radius 1 is 1.03 bits per heavy atom. The Morgan fingerprint density at radius 3 is 2.73 bits per heavy atom. The van der Waals surface area contributed by atoms with Gasteiger partial charge in [0.25, 0.3) is 5.91 Å². The number of hydrogen-bond acceptors (Lipinski definition) is 3. The molecule has 1 amide bonds. The molecule has 0 aliphatic carbocycles. The fourth-order valence-corrected chi connectivity index (χ4v) is 3.58. The zero-order chi connectivity index (χ0) is 20.5. The smallest absolute Gasteiger partial charge is 0.253 e. The zero-order valence-electron chi connectivity index (χ0n) is 15.9. The van der Waals surface area contributed by atoms with E-state index < -0.39 is 0 Å². The average Bonchev–Trinajstić information content (AvgIpc) is 3.40. The van der Waals surface area contributed by atoms with Crippen molar-refractivity contribution in [2.24, 2.45) is 0 Å². The molecule has 5 aromatic rings. The predicted molar refractivity (Wildman–Crippen MR) is 112 cm³/mol. The minimum absolute atomic E-state index is 0.218. The van der Waals surface area contributed by atoms with Crippen LogP contribution in [-0.2, 0) is 6.54 Å². The first-order chi connectivity index (χ1) is 14.7. The van der Waals surface area contributed by atoms with E-state index in [0.717, 1.165) is 22.2 Å². The van der Waals surface area contributed by atoms with Crippen LogP contribution < -0.4 is 5.32 Å². The average molecular weight is 399 g/mol. The molecule has 0 fully saturated rings. The van der Waals surface area contributed by atoms with Crippen LogP contribution in [-0.4, -0.2) is 24.8 Å². The number of nitrogens with zero attached hydrogens (tertiary/aromatic N) is 4. The van der Waals surface area contributed by atoms with E-state index in [9.17, 15) is 9.18 Å². The van der Waals surface area contributed by atoms with Crippen LogP contribution in [0.25, 0.3) is 16.7 Å². The van der Waals surface area contributed by atoms with Crippen molar-refractivity contribution in [2.75, 3.05) is 0 Å². The molecule has 0 aliphatic rings. The summed E-state index contributed by atoms with van der Waals surface area (Å²) >= 11 is 0. The first kappa shape index (κ1) is 18.1. The molecule has 0 radical (unpaired) electrons. The van der Waals surface area contributed by atoms with Gasteiger partial charge in [0, 0.05) is 25.1 Å². The summed E-state index contributed by atoms with van der Waals surface area (Å²) in [5.74, 6) is -0.535. The molecule has 5 rings (SSSR count). The number of hydrogen-bond donors (Lipinski definition) is 1. The molecule has 0 spiro atoms. The van der Waals surface area contributed by atoms with Crippen LogP contribution in [0.3, 0.4) is 0 Å². The van der Waals surface area contributed by atoms with E-state index in [4.69, 9.17) is 0 Å². The number of benzene rings is 2. The van der Waals surface area contributed by atoms with Crippen LogP contribution in [0.15, 0.2) is 85.6 Å². The number of amides is 1. The topological polar surface area (TPSA) is 64.2 Å². The van der Waals surface area contributed by atoms with Crippen molar-refractivity contribution in [3.8, 4) is 0 Å². The number of rotatable bonds is 5. The molecule has 1 atom stereocenters. The van der Waals surface area contributed by atoms with E-state index in [1.165, 1.54) is 12.1 Å². The number of carbonyl (C=O) groups is 1. The van der Waals surface area contributed by atoms with Gasteiger partial charge in [-0.05, 0) is 42.0 Å². The number of aromatic nitrogens is 4. The second-order valence-electron chi connectivity index (χ2n) is 7.07. The molecular weight excluding hydrogens is 381 g/mol. The van der Waals surface area contributed by atoms with Gasteiger partial charge in [0.15, 0.2) is 0 Å². The number of carbonyl (C=O) groups excluding carboxylic acids is 1. The summed E-state index contributed by atoms with van der Waals surface area (Å²) in [5, 5.41) is 3.09. The molecule has 7 heteroatoms. The molecule has 6 nitrogen and oxygen atoms in total. The van der Waals surface area contributed by atoms with Crippen LogP contribution in [0.2, 0.25) is 0 Å². The van der Waals surface area contributed by atoms with Gasteiger partial charge in [-0.2, -0.15) is 0 Å². The molecule has 30 heavy (non-hydrogen) atoms. The van der Waals surface area contributed by atoms with Gasteiger partial charge in [-0.1, -0.05) is 24.3 Å². The molecule has 0 saturated heterocycles. The van der Waals surface area contributed by atoms with Gasteiger partial charge in [0.05, 0.1) is 29.0 Å². The van der Waals surface area contributed by atoms with Crippen molar-refractivity contribution < 1.29 is 9.18 Å². The number of nitrogens with one attached hydrogen (secondary N) is 1. The third kappa shape index (κ3) is 3.41. The highest BCUT2D eigenvalue weighted by Crippen LogP contribution is 2.20. The van der Waals surface area contributed by atoms with Gasteiger partial charge in [0.1, 0.15) is 11.5 Å². The van der Waals surface area contributed by atoms with Crippen molar-refractivity contribution in [1.82, 2.24) is 24.3 Å². The second kappa shape index (κ2) is 7.44. The molecule has 2 aromatic carbocycles. The van der Waals surface area contributed by atoms with Gasteiger partial charge in [-0.25, -0.2) is 14.4 Å². The predicted octanol–water partition coefficient (Wildman–Crippen LogP) is 3.99. The Balaban J connectivity index is 1.47. The quantitative estimate of drug-likeness (QED) is 0.486. The van der Waals surface area contributed by atoms with E-state index in [-0.39, 0.29) is 17.8 Å². The second-order valence-corrected chi connectivity index (χ2v) is 7.07. The summed E-state index contributed by atoms with van der Waals surface area (Å²) < 4.78 is 17.3. The maximum Gasteiger partial charge on any atom is 0.253 e. The number of fused-ring (bicyclic) bond motifs is 2. The molecule has 148 valence electrons. The lowest BCUT2D eigenvalue weighted by atomic mass is 10.1. The number of para-hydroxylation sites is 2. The highest BCUT2D eigenvalue weighted by molar-refractivity contribution is 5.94. The lowest BCUT2D eigenvalue weighted by Crippen LogP contribution is -2.31. The van der Waals surface area contributed by atoms with E-state index in [1.807, 2.05) is 28.8 Å². The zero-order valence-corrected chi connectivity index (χ0v) is 15.9. The third-order valence-electron chi connectivity index (χ3n) is 5.14. The van der Waals surface area contributed by atoms with E-state index in [2.05, 4.69) is 15.3 Å². The molecule has 1 unspecified atom stereocenters. The first-order valence-corrected chi connectivity index (χ1v) is 9.56.